The van der Waals surface area contributed by atoms with Gasteiger partial charge in [0.1, 0.15) is 5.75 Å². The number of sulfonamides is 1. The number of benzene rings is 2. The van der Waals surface area contributed by atoms with Crippen LogP contribution in [0.1, 0.15) is 12.5 Å². The molecule has 39 heavy (non-hydrogen) atoms. The summed E-state index contributed by atoms with van der Waals surface area (Å²) in [6, 6.07) is 8.96. The molecule has 2 aromatic heterocycles. The summed E-state index contributed by atoms with van der Waals surface area (Å²) >= 11 is 0. The van der Waals surface area contributed by atoms with Gasteiger partial charge in [0, 0.05) is 81.6 Å². The van der Waals surface area contributed by atoms with Gasteiger partial charge >= 0.3 is 0 Å². The maximum absolute atomic E-state index is 13.4. The number of nitrogens with one attached hydrogen (secondary N) is 1. The highest BCUT2D eigenvalue weighted by molar-refractivity contribution is 7.90. The Hall–Kier alpha value is -4.32. The molecule has 0 fully saturated rings. The van der Waals surface area contributed by atoms with Crippen LogP contribution >= 0.6 is 0 Å². The number of nitrogens with zero attached hydrogens (tertiary/aromatic N) is 5. The van der Waals surface area contributed by atoms with Crippen LogP contribution < -0.4 is 24.8 Å². The van der Waals surface area contributed by atoms with E-state index in [0.717, 1.165) is 23.7 Å². The van der Waals surface area contributed by atoms with E-state index >= 15 is 0 Å². The molecule has 0 spiro atoms. The van der Waals surface area contributed by atoms with Crippen LogP contribution in [0.15, 0.2) is 52.4 Å². The van der Waals surface area contributed by atoms with Crippen molar-refractivity contribution in [1.29, 1.82) is 0 Å². The van der Waals surface area contributed by atoms with Crippen LogP contribution in [0.5, 0.6) is 5.75 Å². The summed E-state index contributed by atoms with van der Waals surface area (Å²) in [6.07, 6.45) is 3.32. The summed E-state index contributed by atoms with van der Waals surface area (Å²) in [5, 5.41) is 5.04. The van der Waals surface area contributed by atoms with Gasteiger partial charge in [0.15, 0.2) is 0 Å². The minimum atomic E-state index is -4.21. The third-order valence-corrected chi connectivity index (χ3v) is 8.49. The molecule has 1 amide bonds. The number of likely N-dealkylation sites (N-methyl/N-ethyl adjacent to an activating group) is 1. The molecule has 0 saturated heterocycles. The van der Waals surface area contributed by atoms with E-state index < -0.39 is 15.9 Å². The fourth-order valence-electron chi connectivity index (χ4n) is 5.09. The van der Waals surface area contributed by atoms with Crippen LogP contribution in [-0.2, 0) is 28.9 Å². The lowest BCUT2D eigenvalue weighted by Gasteiger charge is -2.38. The number of ether oxygens (including phenoxy) is 1. The molecule has 11 nitrogen and oxygen atoms in total. The van der Waals surface area contributed by atoms with Crippen molar-refractivity contribution in [3.05, 3.63) is 58.6 Å². The van der Waals surface area contributed by atoms with Crippen LogP contribution in [0.3, 0.4) is 0 Å². The first-order valence-electron chi connectivity index (χ1n) is 12.3. The second-order valence-electron chi connectivity index (χ2n) is 9.75. The molecular weight excluding hydrogens is 520 g/mol. The Morgan fingerprint density at radius 1 is 1.03 bits per heavy atom. The highest BCUT2D eigenvalue weighted by atomic mass is 32.2. The lowest BCUT2D eigenvalue weighted by atomic mass is 10.0. The van der Waals surface area contributed by atoms with Crippen LogP contribution in [-0.4, -0.2) is 55.9 Å². The van der Waals surface area contributed by atoms with E-state index in [2.05, 4.69) is 14.7 Å². The fourth-order valence-corrected chi connectivity index (χ4v) is 6.31. The number of amides is 1. The summed E-state index contributed by atoms with van der Waals surface area (Å²) < 4.78 is 37.8. The highest BCUT2D eigenvalue weighted by Crippen LogP contribution is 2.45. The Morgan fingerprint density at radius 2 is 1.77 bits per heavy atom. The molecule has 2 aromatic carbocycles. The second kappa shape index (κ2) is 9.45. The highest BCUT2D eigenvalue weighted by Gasteiger charge is 2.30. The number of methoxy groups -OCH3 is 1. The van der Waals surface area contributed by atoms with E-state index in [0.29, 0.717) is 46.7 Å². The number of anilines is 3. The van der Waals surface area contributed by atoms with E-state index in [1.165, 1.54) is 0 Å². The number of aromatic nitrogens is 3. The molecule has 1 aliphatic rings. The van der Waals surface area contributed by atoms with Crippen molar-refractivity contribution in [2.24, 2.45) is 14.1 Å². The van der Waals surface area contributed by atoms with Gasteiger partial charge in [-0.15, -0.1) is 0 Å². The molecule has 0 atom stereocenters. The van der Waals surface area contributed by atoms with Crippen molar-refractivity contribution < 1.29 is 17.9 Å². The maximum atomic E-state index is 13.4. The molecule has 3 heterocycles. The third kappa shape index (κ3) is 4.50. The van der Waals surface area contributed by atoms with Crippen molar-refractivity contribution in [3.8, 4) is 16.9 Å². The molecule has 0 saturated carbocycles. The summed E-state index contributed by atoms with van der Waals surface area (Å²) in [5.74, 6) is -0.121. The Kier molecular flexibility index (Phi) is 6.37. The largest absolute Gasteiger partial charge is 0.497 e. The Balaban J connectivity index is 1.83. The van der Waals surface area contributed by atoms with Gasteiger partial charge in [0.2, 0.25) is 5.91 Å². The number of carbonyl (C=O) groups is 1. The first kappa shape index (κ1) is 26.3. The first-order valence-corrected chi connectivity index (χ1v) is 13.8. The van der Waals surface area contributed by atoms with Crippen molar-refractivity contribution in [2.45, 2.75) is 18.7 Å². The maximum Gasteiger partial charge on any atom is 0.264 e. The zero-order valence-electron chi connectivity index (χ0n) is 22.6. The van der Waals surface area contributed by atoms with Gasteiger partial charge in [-0.2, -0.15) is 5.10 Å². The molecule has 204 valence electrons. The zero-order chi connectivity index (χ0) is 28.2. The Labute approximate surface area is 226 Å². The van der Waals surface area contributed by atoms with Gasteiger partial charge in [0.05, 0.1) is 40.8 Å². The molecule has 0 aliphatic carbocycles. The second-order valence-corrected chi connectivity index (χ2v) is 11.4. The number of carbonyl (C=O) groups excluding carboxylic acids is 1. The van der Waals surface area contributed by atoms with E-state index in [-0.39, 0.29) is 10.5 Å². The normalized spacial score (nSPS) is 13.5. The molecule has 4 aromatic rings. The van der Waals surface area contributed by atoms with Gasteiger partial charge in [-0.3, -0.25) is 14.3 Å². The number of rotatable bonds is 5. The number of hydrogen-bond donors (Lipinski definition) is 1. The van der Waals surface area contributed by atoms with Gasteiger partial charge in [0.25, 0.3) is 15.6 Å². The third-order valence-electron chi connectivity index (χ3n) is 7.02. The first-order chi connectivity index (χ1) is 18.4. The molecule has 0 radical (unpaired) electrons. The number of pyridine rings is 1. The van der Waals surface area contributed by atoms with Crippen LogP contribution in [0.4, 0.5) is 17.1 Å². The van der Waals surface area contributed by atoms with Gasteiger partial charge < -0.3 is 19.1 Å². The summed E-state index contributed by atoms with van der Waals surface area (Å²) in [6.45, 7) is 4.13. The van der Waals surface area contributed by atoms with Crippen molar-refractivity contribution in [1.82, 2.24) is 19.1 Å². The predicted molar refractivity (Wildman–Crippen MR) is 150 cm³/mol. The van der Waals surface area contributed by atoms with E-state index in [1.54, 1.807) is 55.8 Å². The summed E-state index contributed by atoms with van der Waals surface area (Å²) in [7, 11) is 2.77. The van der Waals surface area contributed by atoms with Gasteiger partial charge in [-0.1, -0.05) is 0 Å². The molecule has 0 bridgehead atoms. The van der Waals surface area contributed by atoms with E-state index in [4.69, 9.17) is 4.74 Å². The molecule has 1 N–H and O–H groups in total. The van der Waals surface area contributed by atoms with Gasteiger partial charge in [-0.25, -0.2) is 13.1 Å². The average molecular weight is 551 g/mol. The lowest BCUT2D eigenvalue weighted by molar-refractivity contribution is -0.117. The van der Waals surface area contributed by atoms with Crippen molar-refractivity contribution in [3.63, 3.8) is 0 Å². The SMILES string of the molecule is COc1cc(N2CCN(C)c3cc(-c4cnn(C)c4)c(S(=O)(=O)NC(C)=O)cc32)c2cc(C)c(=O)n(C)c2c1. The van der Waals surface area contributed by atoms with Crippen molar-refractivity contribution in [2.75, 3.05) is 37.0 Å². The number of hydrogen-bond acceptors (Lipinski definition) is 8. The average Bonchev–Trinajstić information content (AvgIpc) is 3.32. The fraction of sp³-hybridized carbons (Fsp3) is 0.296. The molecular formula is C27H30N6O5S. The van der Waals surface area contributed by atoms with Crippen LogP contribution in [0.25, 0.3) is 22.0 Å². The lowest BCUT2D eigenvalue weighted by Crippen LogP contribution is -2.37. The van der Waals surface area contributed by atoms with Crippen molar-refractivity contribution >= 4 is 43.9 Å². The van der Waals surface area contributed by atoms with Crippen LogP contribution in [0, 0.1) is 6.92 Å². The Bertz CT molecular complexity index is 1810. The zero-order valence-corrected chi connectivity index (χ0v) is 23.5. The van der Waals surface area contributed by atoms with E-state index in [9.17, 15) is 18.0 Å². The van der Waals surface area contributed by atoms with E-state index in [1.807, 2.05) is 36.2 Å². The molecule has 1 aliphatic heterocycles. The number of fused-ring (bicyclic) bond motifs is 2. The van der Waals surface area contributed by atoms with Crippen LogP contribution in [0.2, 0.25) is 0 Å². The standard InChI is InChI=1S/C27H30N6O5S/c1-16-9-21-22(32(5)27(16)35)10-19(38-6)11-23(21)33-8-7-30(3)24-12-20(18-14-28-31(4)15-18)26(13-25(24)33)39(36,37)29-17(2)34/h9-15H,7-8H2,1-6H3,(H,29,34). The summed E-state index contributed by atoms with van der Waals surface area (Å²) in [4.78, 5) is 28.6. The monoisotopic (exact) mass is 550 g/mol. The predicted octanol–water partition coefficient (Wildman–Crippen LogP) is 2.67. The Morgan fingerprint density at radius 3 is 2.41 bits per heavy atom. The number of aryl methyl sites for hydroxylation is 3. The topological polar surface area (TPSA) is 119 Å². The summed E-state index contributed by atoms with van der Waals surface area (Å²) in [5.41, 5.74) is 4.43. The molecule has 5 rings (SSSR count). The van der Waals surface area contributed by atoms with Gasteiger partial charge in [-0.05, 0) is 25.1 Å². The minimum absolute atomic E-state index is 0.0412. The quantitative estimate of drug-likeness (QED) is 0.403. The molecule has 12 heteroatoms. The molecule has 0 unspecified atom stereocenters. The smallest absolute Gasteiger partial charge is 0.264 e. The minimum Gasteiger partial charge on any atom is -0.497 e.